The number of benzene rings is 4. The topological polar surface area (TPSA) is 71.4 Å². The molecule has 0 aromatic heterocycles. The van der Waals surface area contributed by atoms with E-state index in [0.717, 1.165) is 16.7 Å². The van der Waals surface area contributed by atoms with Gasteiger partial charge in [-0.1, -0.05) is 91.0 Å². The Morgan fingerprint density at radius 2 is 0.600 bits per heavy atom. The molecule has 0 aliphatic carbocycles. The summed E-state index contributed by atoms with van der Waals surface area (Å²) in [7, 11) is 0. The number of rotatable bonds is 3. The second-order valence-corrected chi connectivity index (χ2v) is 6.68. The van der Waals surface area contributed by atoms with Gasteiger partial charge in [0.05, 0.1) is 16.7 Å². The highest BCUT2D eigenvalue weighted by molar-refractivity contribution is 5.97. The normalized spacial score (nSPS) is 9.90. The van der Waals surface area contributed by atoms with Crippen molar-refractivity contribution in [3.8, 4) is 51.6 Å². The standard InChI is InChI=1S/C27H15N3/c28-16-22-25(19-10-4-1-5-11-19)23(17-29)27(21-14-8-3-9-15-21)24(18-30)26(22)20-12-6-2-7-13-20/h1-15H. The third-order valence-corrected chi connectivity index (χ3v) is 5.02. The van der Waals surface area contributed by atoms with Gasteiger partial charge in [0.2, 0.25) is 0 Å². The molecule has 4 aromatic rings. The van der Waals surface area contributed by atoms with Gasteiger partial charge >= 0.3 is 0 Å². The Hall–Kier alpha value is -4.65. The highest BCUT2D eigenvalue weighted by Gasteiger charge is 2.26. The summed E-state index contributed by atoms with van der Waals surface area (Å²) in [5.74, 6) is 0. The van der Waals surface area contributed by atoms with Crippen LogP contribution in [0.15, 0.2) is 91.0 Å². The van der Waals surface area contributed by atoms with Crippen LogP contribution < -0.4 is 0 Å². The van der Waals surface area contributed by atoms with Crippen LogP contribution in [0.3, 0.4) is 0 Å². The molecule has 0 N–H and O–H groups in total. The summed E-state index contributed by atoms with van der Waals surface area (Å²) in [4.78, 5) is 0. The molecule has 0 unspecified atom stereocenters. The Balaban J connectivity index is 2.27. The Labute approximate surface area is 175 Å². The lowest BCUT2D eigenvalue weighted by molar-refractivity contribution is 1.40. The molecule has 0 radical (unpaired) electrons. The Bertz CT molecular complexity index is 1140. The first-order chi connectivity index (χ1) is 14.8. The molecule has 0 amide bonds. The van der Waals surface area contributed by atoms with Gasteiger partial charge in [0.15, 0.2) is 0 Å². The average molecular weight is 381 g/mol. The van der Waals surface area contributed by atoms with E-state index >= 15 is 0 Å². The SMILES string of the molecule is N#Cc1c(-c2ccccc2)c(C#N)c(-c2ccccc2)c(C#N)c1-c1ccccc1. The van der Waals surface area contributed by atoms with E-state index < -0.39 is 0 Å². The van der Waals surface area contributed by atoms with Gasteiger partial charge in [-0.15, -0.1) is 0 Å². The number of nitriles is 3. The quantitative estimate of drug-likeness (QED) is 0.418. The molecule has 0 saturated heterocycles. The molecule has 4 aromatic carbocycles. The molecule has 0 saturated carbocycles. The van der Waals surface area contributed by atoms with E-state index in [1.165, 1.54) is 0 Å². The van der Waals surface area contributed by atoms with Gasteiger partial charge in [0.25, 0.3) is 0 Å². The van der Waals surface area contributed by atoms with Crippen molar-refractivity contribution in [2.24, 2.45) is 0 Å². The van der Waals surface area contributed by atoms with E-state index in [1.54, 1.807) is 0 Å². The van der Waals surface area contributed by atoms with Gasteiger partial charge in [0, 0.05) is 16.7 Å². The Kier molecular flexibility index (Phi) is 5.08. The van der Waals surface area contributed by atoms with Crippen LogP contribution >= 0.6 is 0 Å². The summed E-state index contributed by atoms with van der Waals surface area (Å²) < 4.78 is 0. The first-order valence-corrected chi connectivity index (χ1v) is 9.40. The van der Waals surface area contributed by atoms with Crippen LogP contribution in [-0.4, -0.2) is 0 Å². The van der Waals surface area contributed by atoms with Crippen molar-refractivity contribution in [3.63, 3.8) is 0 Å². The molecular weight excluding hydrogens is 366 g/mol. The van der Waals surface area contributed by atoms with Gasteiger partial charge < -0.3 is 0 Å². The van der Waals surface area contributed by atoms with Crippen molar-refractivity contribution < 1.29 is 0 Å². The van der Waals surface area contributed by atoms with E-state index in [-0.39, 0.29) is 0 Å². The zero-order chi connectivity index (χ0) is 20.9. The Morgan fingerprint density at radius 1 is 0.367 bits per heavy atom. The molecular formula is C27H15N3. The summed E-state index contributed by atoms with van der Waals surface area (Å²) in [5, 5.41) is 30.5. The Morgan fingerprint density at radius 3 is 0.800 bits per heavy atom. The molecule has 0 aliphatic heterocycles. The minimum absolute atomic E-state index is 0.334. The molecule has 0 bridgehead atoms. The third kappa shape index (κ3) is 3.10. The summed E-state index contributed by atoms with van der Waals surface area (Å²) in [6.07, 6.45) is 0. The van der Waals surface area contributed by atoms with Crippen LogP contribution in [0, 0.1) is 34.0 Å². The van der Waals surface area contributed by atoms with Crippen molar-refractivity contribution in [2.45, 2.75) is 0 Å². The predicted octanol–water partition coefficient (Wildman–Crippen LogP) is 6.30. The fraction of sp³-hybridized carbons (Fsp3) is 0. The van der Waals surface area contributed by atoms with Crippen molar-refractivity contribution in [1.29, 1.82) is 15.8 Å². The van der Waals surface area contributed by atoms with Crippen molar-refractivity contribution in [3.05, 3.63) is 108 Å². The summed E-state index contributed by atoms with van der Waals surface area (Å²) >= 11 is 0. The van der Waals surface area contributed by atoms with E-state index in [4.69, 9.17) is 0 Å². The fourth-order valence-electron chi connectivity index (χ4n) is 3.77. The average Bonchev–Trinajstić information content (AvgIpc) is 2.83. The molecule has 30 heavy (non-hydrogen) atoms. The summed E-state index contributed by atoms with van der Waals surface area (Å²) in [5.41, 5.74) is 4.96. The molecule has 138 valence electrons. The lowest BCUT2D eigenvalue weighted by Crippen LogP contribution is -2.02. The molecule has 3 nitrogen and oxygen atoms in total. The molecule has 0 spiro atoms. The lowest BCUT2D eigenvalue weighted by atomic mass is 9.80. The van der Waals surface area contributed by atoms with Crippen LogP contribution in [0.1, 0.15) is 16.7 Å². The van der Waals surface area contributed by atoms with Crippen molar-refractivity contribution in [2.75, 3.05) is 0 Å². The van der Waals surface area contributed by atoms with Gasteiger partial charge in [-0.05, 0) is 16.7 Å². The van der Waals surface area contributed by atoms with E-state index in [9.17, 15) is 15.8 Å². The molecule has 4 rings (SSSR count). The maximum atomic E-state index is 10.2. The number of nitrogens with zero attached hydrogens (tertiary/aromatic N) is 3. The van der Waals surface area contributed by atoms with Gasteiger partial charge in [-0.2, -0.15) is 15.8 Å². The third-order valence-electron chi connectivity index (χ3n) is 5.02. The summed E-state index contributed by atoms with van der Waals surface area (Å²) in [6, 6.07) is 35.1. The second kappa shape index (κ2) is 8.15. The van der Waals surface area contributed by atoms with Crippen LogP contribution in [0.4, 0.5) is 0 Å². The van der Waals surface area contributed by atoms with Crippen molar-refractivity contribution in [1.82, 2.24) is 0 Å². The predicted molar refractivity (Wildman–Crippen MR) is 117 cm³/mol. The van der Waals surface area contributed by atoms with E-state index in [2.05, 4.69) is 18.2 Å². The largest absolute Gasteiger partial charge is 0.192 e. The molecule has 3 heteroatoms. The first-order valence-electron chi connectivity index (χ1n) is 9.40. The second-order valence-electron chi connectivity index (χ2n) is 6.68. The fourth-order valence-corrected chi connectivity index (χ4v) is 3.77. The number of hydrogen-bond donors (Lipinski definition) is 0. The minimum Gasteiger partial charge on any atom is -0.192 e. The van der Waals surface area contributed by atoms with Gasteiger partial charge in [-0.3, -0.25) is 0 Å². The van der Waals surface area contributed by atoms with E-state index in [1.807, 2.05) is 91.0 Å². The van der Waals surface area contributed by atoms with Crippen LogP contribution in [0.2, 0.25) is 0 Å². The molecule has 0 aliphatic rings. The molecule has 0 heterocycles. The van der Waals surface area contributed by atoms with Gasteiger partial charge in [0.1, 0.15) is 18.2 Å². The van der Waals surface area contributed by atoms with E-state index in [0.29, 0.717) is 33.4 Å². The van der Waals surface area contributed by atoms with Crippen LogP contribution in [-0.2, 0) is 0 Å². The maximum absolute atomic E-state index is 10.2. The molecule has 0 fully saturated rings. The monoisotopic (exact) mass is 381 g/mol. The zero-order valence-electron chi connectivity index (χ0n) is 16.0. The van der Waals surface area contributed by atoms with Crippen LogP contribution in [0.5, 0.6) is 0 Å². The van der Waals surface area contributed by atoms with Crippen LogP contribution in [0.25, 0.3) is 33.4 Å². The smallest absolute Gasteiger partial charge is 0.101 e. The highest BCUT2D eigenvalue weighted by Crippen LogP contribution is 2.43. The zero-order valence-corrected chi connectivity index (χ0v) is 16.0. The molecule has 0 atom stereocenters. The van der Waals surface area contributed by atoms with Gasteiger partial charge in [-0.25, -0.2) is 0 Å². The highest BCUT2D eigenvalue weighted by atomic mass is 14.4. The minimum atomic E-state index is 0.334. The maximum Gasteiger partial charge on any atom is 0.101 e. The summed E-state index contributed by atoms with van der Waals surface area (Å²) in [6.45, 7) is 0. The first kappa shape index (κ1) is 18.7. The number of hydrogen-bond acceptors (Lipinski definition) is 3. The lowest BCUT2D eigenvalue weighted by Gasteiger charge is -2.19. The van der Waals surface area contributed by atoms with Crippen molar-refractivity contribution >= 4 is 0 Å².